The Balaban J connectivity index is 1.11. The lowest BCUT2D eigenvalue weighted by atomic mass is 10.2. The van der Waals surface area contributed by atoms with Gasteiger partial charge in [0.25, 0.3) is 15.9 Å². The normalized spacial score (nSPS) is 13.6. The minimum atomic E-state index is -3.84. The molecule has 0 atom stereocenters. The molecule has 3 heterocycles. The monoisotopic (exact) mass is 614 g/mol. The SMILES string of the molecule is COc1ccc(N2CCN(C(=O)c3cccnc3Nc3ccc(S(=O)(=O)Nc4nc5cc(C)ccc5s4)cc3)CC2)cc1. The number of hydrogen-bond donors (Lipinski definition) is 2. The van der Waals surface area contributed by atoms with Gasteiger partial charge in [0.1, 0.15) is 11.6 Å². The summed E-state index contributed by atoms with van der Waals surface area (Å²) in [5.74, 6) is 1.10. The number of carbonyl (C=O) groups excluding carboxylic acids is 1. The lowest BCUT2D eigenvalue weighted by Gasteiger charge is -2.36. The molecule has 0 radical (unpaired) electrons. The third-order valence-corrected chi connectivity index (χ3v) is 9.67. The zero-order chi connectivity index (χ0) is 30.0. The van der Waals surface area contributed by atoms with Gasteiger partial charge in [-0.15, -0.1) is 0 Å². The molecular weight excluding hydrogens is 585 g/mol. The van der Waals surface area contributed by atoms with Crippen molar-refractivity contribution in [3.63, 3.8) is 0 Å². The number of rotatable bonds is 8. The Morgan fingerprint density at radius 3 is 2.42 bits per heavy atom. The summed E-state index contributed by atoms with van der Waals surface area (Å²) in [7, 11) is -2.20. The van der Waals surface area contributed by atoms with Crippen LogP contribution >= 0.6 is 11.3 Å². The predicted octanol–water partition coefficient (Wildman–Crippen LogP) is 5.52. The molecule has 0 aliphatic carbocycles. The highest BCUT2D eigenvalue weighted by atomic mass is 32.2. The fraction of sp³-hybridized carbons (Fsp3) is 0.194. The van der Waals surface area contributed by atoms with E-state index in [1.165, 1.54) is 23.5 Å². The molecule has 1 fully saturated rings. The van der Waals surface area contributed by atoms with E-state index in [2.05, 4.69) is 24.9 Å². The Morgan fingerprint density at radius 1 is 0.953 bits per heavy atom. The number of pyridine rings is 1. The van der Waals surface area contributed by atoms with Crippen molar-refractivity contribution in [2.45, 2.75) is 11.8 Å². The van der Waals surface area contributed by atoms with Crippen molar-refractivity contribution in [1.82, 2.24) is 14.9 Å². The highest BCUT2D eigenvalue weighted by Gasteiger charge is 2.25. The van der Waals surface area contributed by atoms with Gasteiger partial charge in [-0.25, -0.2) is 18.4 Å². The summed E-state index contributed by atoms with van der Waals surface area (Å²) >= 11 is 1.28. The lowest BCUT2D eigenvalue weighted by molar-refractivity contribution is 0.0747. The van der Waals surface area contributed by atoms with Crippen LogP contribution in [-0.2, 0) is 10.0 Å². The van der Waals surface area contributed by atoms with Gasteiger partial charge in [-0.1, -0.05) is 17.4 Å². The number of piperazine rings is 1. The van der Waals surface area contributed by atoms with Gasteiger partial charge in [0, 0.05) is 43.8 Å². The topological polar surface area (TPSA) is 117 Å². The number of nitrogens with zero attached hydrogens (tertiary/aromatic N) is 4. The molecule has 1 saturated heterocycles. The van der Waals surface area contributed by atoms with E-state index < -0.39 is 10.0 Å². The molecule has 2 aromatic heterocycles. The van der Waals surface area contributed by atoms with Crippen molar-refractivity contribution in [1.29, 1.82) is 0 Å². The van der Waals surface area contributed by atoms with Crippen molar-refractivity contribution in [3.05, 3.63) is 96.2 Å². The second-order valence-electron chi connectivity index (χ2n) is 10.1. The van der Waals surface area contributed by atoms with Crippen LogP contribution in [0.3, 0.4) is 0 Å². The third-order valence-electron chi connectivity index (χ3n) is 7.23. The smallest absolute Gasteiger partial charge is 0.263 e. The summed E-state index contributed by atoms with van der Waals surface area (Å²) in [5.41, 5.74) is 3.95. The Kier molecular flexibility index (Phi) is 7.87. The first-order valence-corrected chi connectivity index (χ1v) is 16.0. The summed E-state index contributed by atoms with van der Waals surface area (Å²) in [5, 5.41) is 3.49. The summed E-state index contributed by atoms with van der Waals surface area (Å²) in [4.78, 5) is 26.5. The van der Waals surface area contributed by atoms with E-state index in [1.54, 1.807) is 37.6 Å². The molecule has 0 unspecified atom stereocenters. The number of benzene rings is 3. The summed E-state index contributed by atoms with van der Waals surface area (Å²) in [6.07, 6.45) is 1.61. The first kappa shape index (κ1) is 28.4. The van der Waals surface area contributed by atoms with Gasteiger partial charge < -0.3 is 19.9 Å². The molecule has 0 bridgehead atoms. The van der Waals surface area contributed by atoms with E-state index in [-0.39, 0.29) is 10.8 Å². The molecule has 3 aromatic carbocycles. The molecule has 5 aromatic rings. The number of aromatic nitrogens is 2. The third kappa shape index (κ3) is 6.25. The number of sulfonamides is 1. The number of nitrogens with one attached hydrogen (secondary N) is 2. The van der Waals surface area contributed by atoms with E-state index in [1.807, 2.05) is 54.3 Å². The van der Waals surface area contributed by atoms with Crippen LogP contribution in [0.1, 0.15) is 15.9 Å². The van der Waals surface area contributed by atoms with Gasteiger partial charge in [0.15, 0.2) is 5.13 Å². The van der Waals surface area contributed by atoms with E-state index in [9.17, 15) is 13.2 Å². The van der Waals surface area contributed by atoms with Crippen LogP contribution in [0, 0.1) is 6.92 Å². The van der Waals surface area contributed by atoms with Crippen LogP contribution in [0.5, 0.6) is 5.75 Å². The number of fused-ring (bicyclic) bond motifs is 1. The number of thiazole rings is 1. The maximum atomic E-state index is 13.5. The molecule has 1 aliphatic rings. The number of methoxy groups -OCH3 is 1. The van der Waals surface area contributed by atoms with Crippen LogP contribution < -0.4 is 19.7 Å². The summed E-state index contributed by atoms with van der Waals surface area (Å²) in [6, 6.07) is 23.5. The molecule has 220 valence electrons. The van der Waals surface area contributed by atoms with Crippen LogP contribution in [0.25, 0.3) is 10.2 Å². The minimum Gasteiger partial charge on any atom is -0.497 e. The van der Waals surface area contributed by atoms with Gasteiger partial charge in [-0.05, 0) is 85.3 Å². The van der Waals surface area contributed by atoms with Gasteiger partial charge in [0.2, 0.25) is 0 Å². The number of anilines is 4. The fourth-order valence-electron chi connectivity index (χ4n) is 4.92. The molecule has 10 nitrogen and oxygen atoms in total. The zero-order valence-corrected chi connectivity index (χ0v) is 25.3. The van der Waals surface area contributed by atoms with Gasteiger partial charge in [-0.2, -0.15) is 0 Å². The lowest BCUT2D eigenvalue weighted by Crippen LogP contribution is -2.48. The van der Waals surface area contributed by atoms with Crippen molar-refractivity contribution in [2.75, 3.05) is 48.2 Å². The molecule has 1 aliphatic heterocycles. The second-order valence-corrected chi connectivity index (χ2v) is 12.8. The van der Waals surface area contributed by atoms with Crippen LogP contribution in [0.15, 0.2) is 90.0 Å². The number of ether oxygens (including phenoxy) is 1. The van der Waals surface area contributed by atoms with Crippen LogP contribution in [0.2, 0.25) is 0 Å². The highest BCUT2D eigenvalue weighted by Crippen LogP contribution is 2.29. The summed E-state index contributed by atoms with van der Waals surface area (Å²) < 4.78 is 34.8. The Labute approximate surface area is 254 Å². The second kappa shape index (κ2) is 11.9. The van der Waals surface area contributed by atoms with Gasteiger partial charge >= 0.3 is 0 Å². The number of aryl methyl sites for hydroxylation is 1. The quantitative estimate of drug-likeness (QED) is 0.235. The predicted molar refractivity (Wildman–Crippen MR) is 170 cm³/mol. The Morgan fingerprint density at radius 2 is 1.70 bits per heavy atom. The van der Waals surface area contributed by atoms with Gasteiger partial charge in [0.05, 0.1) is 27.8 Å². The first-order valence-electron chi connectivity index (χ1n) is 13.7. The Hall–Kier alpha value is -4.68. The minimum absolute atomic E-state index is 0.0977. The molecule has 2 N–H and O–H groups in total. The van der Waals surface area contributed by atoms with E-state index >= 15 is 0 Å². The van der Waals surface area contributed by atoms with Crippen molar-refractivity contribution >= 4 is 59.8 Å². The molecule has 1 amide bonds. The molecule has 6 rings (SSSR count). The molecule has 12 heteroatoms. The van der Waals surface area contributed by atoms with Crippen molar-refractivity contribution in [3.8, 4) is 5.75 Å². The number of amides is 1. The maximum Gasteiger partial charge on any atom is 0.263 e. The van der Waals surface area contributed by atoms with E-state index in [0.29, 0.717) is 48.4 Å². The Bertz CT molecular complexity index is 1870. The average Bonchev–Trinajstić information content (AvgIpc) is 3.42. The summed E-state index contributed by atoms with van der Waals surface area (Å²) in [6.45, 7) is 4.54. The number of carbonyl (C=O) groups is 1. The van der Waals surface area contributed by atoms with Crippen molar-refractivity contribution in [2.24, 2.45) is 0 Å². The molecule has 43 heavy (non-hydrogen) atoms. The average molecular weight is 615 g/mol. The van der Waals surface area contributed by atoms with Crippen LogP contribution in [0.4, 0.5) is 22.3 Å². The largest absolute Gasteiger partial charge is 0.497 e. The van der Waals surface area contributed by atoms with Crippen molar-refractivity contribution < 1.29 is 17.9 Å². The highest BCUT2D eigenvalue weighted by molar-refractivity contribution is 7.93. The number of hydrogen-bond acceptors (Lipinski definition) is 9. The van der Waals surface area contributed by atoms with Gasteiger partial charge in [-0.3, -0.25) is 9.52 Å². The zero-order valence-electron chi connectivity index (χ0n) is 23.6. The molecule has 0 saturated carbocycles. The fourth-order valence-corrected chi connectivity index (χ4v) is 7.00. The standard InChI is InChI=1S/C31H30N6O4S2/c1-21-5-14-28-27(20-21)34-31(42-28)35-43(39,40)25-12-6-22(7-13-25)33-29-26(4-3-15-32-29)30(38)37-18-16-36(17-19-37)23-8-10-24(41-2)11-9-23/h3-15,20H,16-19H2,1-2H3,(H,32,33)(H,34,35). The van der Waals surface area contributed by atoms with E-state index in [4.69, 9.17) is 4.74 Å². The van der Waals surface area contributed by atoms with E-state index in [0.717, 1.165) is 27.2 Å². The molecular formula is C31H30N6O4S2. The maximum absolute atomic E-state index is 13.5. The molecule has 0 spiro atoms. The first-order chi connectivity index (χ1) is 20.8. The van der Waals surface area contributed by atoms with Crippen LogP contribution in [-0.4, -0.2) is 62.5 Å².